The maximum Gasteiger partial charge on any atom is 0.310 e. The summed E-state index contributed by atoms with van der Waals surface area (Å²) >= 11 is 1.34. The van der Waals surface area contributed by atoms with Gasteiger partial charge >= 0.3 is 5.97 Å². The van der Waals surface area contributed by atoms with E-state index in [0.29, 0.717) is 41.3 Å². The first kappa shape index (κ1) is 23.9. The molecule has 4 rings (SSSR count). The molecule has 1 fully saturated rings. The van der Waals surface area contributed by atoms with Gasteiger partial charge in [0.1, 0.15) is 6.61 Å². The van der Waals surface area contributed by atoms with Crippen LogP contribution in [0.15, 0.2) is 58.4 Å². The molecule has 2 aromatic carbocycles. The van der Waals surface area contributed by atoms with Gasteiger partial charge in [0.15, 0.2) is 16.7 Å². The van der Waals surface area contributed by atoms with Crippen LogP contribution in [-0.4, -0.2) is 48.8 Å². The summed E-state index contributed by atoms with van der Waals surface area (Å²) in [5, 5.41) is 0.639. The van der Waals surface area contributed by atoms with Gasteiger partial charge in [0, 0.05) is 13.1 Å². The maximum atomic E-state index is 12.6. The molecule has 34 heavy (non-hydrogen) atoms. The molecule has 1 saturated heterocycles. The fourth-order valence-corrected chi connectivity index (χ4v) is 4.86. The highest BCUT2D eigenvalue weighted by Crippen LogP contribution is 2.35. The van der Waals surface area contributed by atoms with Crippen molar-refractivity contribution in [1.82, 2.24) is 4.90 Å². The van der Waals surface area contributed by atoms with E-state index >= 15 is 0 Å². The van der Waals surface area contributed by atoms with Gasteiger partial charge in [0.25, 0.3) is 5.91 Å². The molecule has 0 spiro atoms. The Balaban J connectivity index is 1.42. The first-order valence-electron chi connectivity index (χ1n) is 11.4. The van der Waals surface area contributed by atoms with Crippen LogP contribution in [0, 0.1) is 5.92 Å². The number of methoxy groups -OCH3 is 1. The second kappa shape index (κ2) is 11.2. The van der Waals surface area contributed by atoms with Gasteiger partial charge in [0.2, 0.25) is 0 Å². The van der Waals surface area contributed by atoms with Crippen LogP contribution in [0.5, 0.6) is 11.5 Å². The smallest absolute Gasteiger partial charge is 0.310 e. The highest BCUT2D eigenvalue weighted by Gasteiger charge is 2.32. The monoisotopic (exact) mass is 480 g/mol. The highest BCUT2D eigenvalue weighted by molar-refractivity contribution is 8.18. The lowest BCUT2D eigenvalue weighted by Crippen LogP contribution is -2.41. The quantitative estimate of drug-likeness (QED) is 0.426. The number of nitrogens with zero attached hydrogens (tertiary/aromatic N) is 2. The lowest BCUT2D eigenvalue weighted by molar-refractivity contribution is -0.149. The van der Waals surface area contributed by atoms with Crippen molar-refractivity contribution in [2.24, 2.45) is 10.9 Å². The average molecular weight is 481 g/mol. The third kappa shape index (κ3) is 5.80. The summed E-state index contributed by atoms with van der Waals surface area (Å²) < 4.78 is 16.6. The first-order chi connectivity index (χ1) is 16.6. The average Bonchev–Trinajstić information content (AvgIpc) is 3.24. The SMILES string of the molecule is CCOC(=O)C1CCCN(C2=NC(=O)/C(=C/c3ccc(OCc4ccccc4)c(OC)c3)S2)C1. The minimum absolute atomic E-state index is 0.181. The molecule has 2 aliphatic heterocycles. The number of esters is 1. The molecule has 0 aromatic heterocycles. The van der Waals surface area contributed by atoms with Gasteiger partial charge in [-0.2, -0.15) is 4.99 Å². The molecule has 1 amide bonds. The molecule has 7 nitrogen and oxygen atoms in total. The van der Waals surface area contributed by atoms with Crippen LogP contribution in [0.25, 0.3) is 6.08 Å². The van der Waals surface area contributed by atoms with E-state index in [0.717, 1.165) is 30.5 Å². The molecule has 0 saturated carbocycles. The van der Waals surface area contributed by atoms with Crippen LogP contribution in [0.1, 0.15) is 30.9 Å². The van der Waals surface area contributed by atoms with Crippen molar-refractivity contribution in [2.45, 2.75) is 26.4 Å². The largest absolute Gasteiger partial charge is 0.493 e. The molecule has 1 atom stereocenters. The molecular weight excluding hydrogens is 452 g/mol. The molecule has 2 heterocycles. The first-order valence-corrected chi connectivity index (χ1v) is 12.2. The molecular formula is C26H28N2O5S. The minimum Gasteiger partial charge on any atom is -0.493 e. The zero-order valence-corrected chi connectivity index (χ0v) is 20.2. The van der Waals surface area contributed by atoms with Gasteiger partial charge in [-0.15, -0.1) is 0 Å². The van der Waals surface area contributed by atoms with Gasteiger partial charge in [-0.3, -0.25) is 9.59 Å². The highest BCUT2D eigenvalue weighted by atomic mass is 32.2. The maximum absolute atomic E-state index is 12.6. The van der Waals surface area contributed by atoms with E-state index in [1.165, 1.54) is 11.8 Å². The van der Waals surface area contributed by atoms with E-state index in [1.807, 2.05) is 60.4 Å². The number of thioether (sulfide) groups is 1. The van der Waals surface area contributed by atoms with Crippen LogP contribution in [0.4, 0.5) is 0 Å². The van der Waals surface area contributed by atoms with Crippen LogP contribution >= 0.6 is 11.8 Å². The van der Waals surface area contributed by atoms with Crippen LogP contribution < -0.4 is 9.47 Å². The van der Waals surface area contributed by atoms with Crippen LogP contribution in [-0.2, 0) is 20.9 Å². The number of rotatable bonds is 7. The third-order valence-corrected chi connectivity index (χ3v) is 6.69. The van der Waals surface area contributed by atoms with Crippen molar-refractivity contribution in [3.63, 3.8) is 0 Å². The molecule has 8 heteroatoms. The Hall–Kier alpha value is -3.26. The number of benzene rings is 2. The molecule has 0 aliphatic carbocycles. The van der Waals surface area contributed by atoms with Crippen molar-refractivity contribution in [2.75, 3.05) is 26.8 Å². The van der Waals surface area contributed by atoms with E-state index in [4.69, 9.17) is 14.2 Å². The third-order valence-electron chi connectivity index (χ3n) is 5.64. The normalized spacial score (nSPS) is 19.2. The number of aliphatic imine (C=N–C) groups is 1. The van der Waals surface area contributed by atoms with Crippen molar-refractivity contribution in [1.29, 1.82) is 0 Å². The van der Waals surface area contributed by atoms with E-state index < -0.39 is 0 Å². The summed E-state index contributed by atoms with van der Waals surface area (Å²) in [5.74, 6) is 0.582. The minimum atomic E-state index is -0.276. The Morgan fingerprint density at radius 1 is 1.21 bits per heavy atom. The van der Waals surface area contributed by atoms with E-state index in [1.54, 1.807) is 13.2 Å². The molecule has 0 radical (unpaired) electrons. The van der Waals surface area contributed by atoms with Crippen molar-refractivity contribution in [3.05, 3.63) is 64.6 Å². The predicted molar refractivity (Wildman–Crippen MR) is 133 cm³/mol. The van der Waals surface area contributed by atoms with Gasteiger partial charge in [-0.25, -0.2) is 0 Å². The lowest BCUT2D eigenvalue weighted by atomic mass is 9.99. The predicted octanol–water partition coefficient (Wildman–Crippen LogP) is 4.52. The second-order valence-corrected chi connectivity index (χ2v) is 9.04. The zero-order chi connectivity index (χ0) is 23.9. The molecule has 0 N–H and O–H groups in total. The molecule has 1 unspecified atom stereocenters. The Bertz CT molecular complexity index is 1100. The van der Waals surface area contributed by atoms with Crippen LogP contribution in [0.2, 0.25) is 0 Å². The molecule has 2 aromatic rings. The Morgan fingerprint density at radius 3 is 2.79 bits per heavy atom. The van der Waals surface area contributed by atoms with Crippen molar-refractivity contribution >= 4 is 34.9 Å². The van der Waals surface area contributed by atoms with E-state index in [2.05, 4.69) is 4.99 Å². The number of hydrogen-bond acceptors (Lipinski definition) is 7. The number of piperidine rings is 1. The topological polar surface area (TPSA) is 77.4 Å². The zero-order valence-electron chi connectivity index (χ0n) is 19.4. The standard InChI is InChI=1S/C26H28N2O5S/c1-3-32-25(30)20-10-7-13-28(16-20)26-27-24(29)23(34-26)15-19-11-12-21(22(14-19)31-2)33-17-18-8-5-4-6-9-18/h4-6,8-9,11-12,14-15,20H,3,7,10,13,16-17H2,1-2H3/b23-15-. The summed E-state index contributed by atoms with van der Waals surface area (Å²) in [4.78, 5) is 31.5. The number of ether oxygens (including phenoxy) is 3. The Labute approximate surface area is 203 Å². The Morgan fingerprint density at radius 2 is 2.03 bits per heavy atom. The van der Waals surface area contributed by atoms with Crippen molar-refractivity contribution in [3.8, 4) is 11.5 Å². The fraction of sp³-hybridized carbons (Fsp3) is 0.346. The fourth-order valence-electron chi connectivity index (χ4n) is 3.92. The summed E-state index contributed by atoms with van der Waals surface area (Å²) in [5.41, 5.74) is 1.88. The van der Waals surface area contributed by atoms with Gasteiger partial charge in [-0.1, -0.05) is 36.4 Å². The van der Waals surface area contributed by atoms with Crippen LogP contribution in [0.3, 0.4) is 0 Å². The van der Waals surface area contributed by atoms with E-state index in [-0.39, 0.29) is 17.8 Å². The van der Waals surface area contributed by atoms with Gasteiger partial charge in [-0.05, 0) is 60.9 Å². The summed E-state index contributed by atoms with van der Waals surface area (Å²) in [7, 11) is 1.59. The summed E-state index contributed by atoms with van der Waals surface area (Å²) in [6, 6.07) is 15.5. The lowest BCUT2D eigenvalue weighted by Gasteiger charge is -2.32. The summed E-state index contributed by atoms with van der Waals surface area (Å²) in [6.07, 6.45) is 3.46. The number of amidine groups is 1. The second-order valence-electron chi connectivity index (χ2n) is 8.03. The van der Waals surface area contributed by atoms with Crippen molar-refractivity contribution < 1.29 is 23.8 Å². The number of hydrogen-bond donors (Lipinski definition) is 0. The molecule has 0 bridgehead atoms. The molecule has 178 valence electrons. The summed E-state index contributed by atoms with van der Waals surface area (Å²) in [6.45, 7) is 3.90. The van der Waals surface area contributed by atoms with Gasteiger partial charge < -0.3 is 19.1 Å². The molecule has 2 aliphatic rings. The number of likely N-dealkylation sites (tertiary alicyclic amines) is 1. The number of carbonyl (C=O) groups is 2. The number of carbonyl (C=O) groups excluding carboxylic acids is 2. The van der Waals surface area contributed by atoms with Gasteiger partial charge in [0.05, 0.1) is 24.5 Å². The Kier molecular flexibility index (Phi) is 7.90. The number of amides is 1. The van der Waals surface area contributed by atoms with E-state index in [9.17, 15) is 9.59 Å².